The van der Waals surface area contributed by atoms with Crippen LogP contribution in [0.3, 0.4) is 0 Å². The van der Waals surface area contributed by atoms with Crippen molar-refractivity contribution in [3.63, 3.8) is 0 Å². The molecule has 0 bridgehead atoms. The summed E-state index contributed by atoms with van der Waals surface area (Å²) in [6.45, 7) is 0.823. The van der Waals surface area contributed by atoms with Gasteiger partial charge in [-0.3, -0.25) is 4.79 Å². The minimum atomic E-state index is 0.127. The summed E-state index contributed by atoms with van der Waals surface area (Å²) in [4.78, 5) is 15.8. The second-order valence-corrected chi connectivity index (χ2v) is 6.65. The van der Waals surface area contributed by atoms with Crippen molar-refractivity contribution in [2.45, 2.75) is 25.3 Å². The summed E-state index contributed by atoms with van der Waals surface area (Å²) >= 11 is 1.63. The first-order chi connectivity index (χ1) is 11.2. The topological polar surface area (TPSA) is 38.8 Å². The molecular weight excluding hydrogens is 310 g/mol. The lowest BCUT2D eigenvalue weighted by atomic mass is 10.0. The molecule has 23 heavy (non-hydrogen) atoms. The molecule has 0 radical (unpaired) electrons. The molecule has 1 atom stereocenters. The fourth-order valence-electron chi connectivity index (χ4n) is 3.14. The van der Waals surface area contributed by atoms with Crippen LogP contribution in [0.1, 0.15) is 29.3 Å². The Labute approximate surface area is 140 Å². The zero-order chi connectivity index (χ0) is 16.2. The van der Waals surface area contributed by atoms with Crippen LogP contribution in [-0.4, -0.2) is 31.6 Å². The highest BCUT2D eigenvalue weighted by Crippen LogP contribution is 2.37. The third-order valence-corrected chi connectivity index (χ3v) is 5.15. The van der Waals surface area contributed by atoms with E-state index in [1.165, 1.54) is 0 Å². The van der Waals surface area contributed by atoms with Gasteiger partial charge in [0.2, 0.25) is 5.91 Å². The highest BCUT2D eigenvalue weighted by Gasteiger charge is 2.30. The van der Waals surface area contributed by atoms with Crippen LogP contribution in [0, 0.1) is 0 Å². The zero-order valence-corrected chi connectivity index (χ0v) is 14.3. The molecular formula is C18H21NO3S. The van der Waals surface area contributed by atoms with Crippen LogP contribution >= 0.6 is 11.3 Å². The van der Waals surface area contributed by atoms with Crippen LogP contribution in [0.25, 0.3) is 0 Å². The van der Waals surface area contributed by atoms with Gasteiger partial charge in [-0.1, -0.05) is 12.1 Å². The molecule has 122 valence electrons. The predicted octanol–water partition coefficient (Wildman–Crippen LogP) is 3.67. The van der Waals surface area contributed by atoms with Crippen molar-refractivity contribution >= 4 is 17.2 Å². The van der Waals surface area contributed by atoms with Gasteiger partial charge in [-0.25, -0.2) is 0 Å². The molecule has 0 saturated carbocycles. The number of carbonyl (C=O) groups is 1. The number of methoxy groups -OCH3 is 2. The van der Waals surface area contributed by atoms with Gasteiger partial charge >= 0.3 is 0 Å². The molecule has 1 fully saturated rings. The van der Waals surface area contributed by atoms with Gasteiger partial charge in [-0.2, -0.15) is 0 Å². The molecule has 1 aliphatic heterocycles. The smallest absolute Gasteiger partial charge is 0.228 e. The zero-order valence-electron chi connectivity index (χ0n) is 13.5. The maximum atomic E-state index is 12.7. The minimum absolute atomic E-state index is 0.127. The number of benzene rings is 1. The first-order valence-electron chi connectivity index (χ1n) is 7.76. The summed E-state index contributed by atoms with van der Waals surface area (Å²) in [5, 5.41) is 2.01. The van der Waals surface area contributed by atoms with Crippen molar-refractivity contribution in [3.05, 3.63) is 46.2 Å². The lowest BCUT2D eigenvalue weighted by molar-refractivity contribution is -0.131. The van der Waals surface area contributed by atoms with Crippen LogP contribution < -0.4 is 9.47 Å². The molecule has 1 unspecified atom stereocenters. The average molecular weight is 331 g/mol. The van der Waals surface area contributed by atoms with E-state index in [-0.39, 0.29) is 11.9 Å². The molecule has 0 spiro atoms. The summed E-state index contributed by atoms with van der Waals surface area (Å²) in [6, 6.07) is 10.1. The number of hydrogen-bond acceptors (Lipinski definition) is 4. The van der Waals surface area contributed by atoms with Gasteiger partial charge in [0, 0.05) is 11.4 Å². The van der Waals surface area contributed by atoms with Crippen molar-refractivity contribution in [1.82, 2.24) is 4.90 Å². The summed E-state index contributed by atoms with van der Waals surface area (Å²) in [6.07, 6.45) is 2.52. The van der Waals surface area contributed by atoms with Crippen molar-refractivity contribution in [3.8, 4) is 11.5 Å². The van der Waals surface area contributed by atoms with Gasteiger partial charge in [0.1, 0.15) is 0 Å². The molecule has 3 rings (SSSR count). The number of thiophene rings is 1. The molecule has 2 aromatic rings. The van der Waals surface area contributed by atoms with Crippen molar-refractivity contribution in [2.75, 3.05) is 20.8 Å². The van der Waals surface area contributed by atoms with Crippen LogP contribution in [0.2, 0.25) is 0 Å². The molecule has 1 amide bonds. The lowest BCUT2D eigenvalue weighted by Crippen LogP contribution is -2.31. The number of hydrogen-bond donors (Lipinski definition) is 0. The van der Waals surface area contributed by atoms with Crippen LogP contribution in [0.5, 0.6) is 11.5 Å². The minimum Gasteiger partial charge on any atom is -0.493 e. The summed E-state index contributed by atoms with van der Waals surface area (Å²) < 4.78 is 10.7. The summed E-state index contributed by atoms with van der Waals surface area (Å²) in [5.74, 6) is 1.62. The van der Waals surface area contributed by atoms with E-state index >= 15 is 0 Å². The Balaban J connectivity index is 1.79. The molecule has 1 aromatic carbocycles. The monoisotopic (exact) mass is 331 g/mol. The molecule has 1 aromatic heterocycles. The quantitative estimate of drug-likeness (QED) is 0.839. The van der Waals surface area contributed by atoms with E-state index in [9.17, 15) is 4.79 Å². The fourth-order valence-corrected chi connectivity index (χ4v) is 3.83. The Hall–Kier alpha value is -2.01. The molecule has 4 nitrogen and oxygen atoms in total. The van der Waals surface area contributed by atoms with Gasteiger partial charge in [0.15, 0.2) is 11.5 Å². The van der Waals surface area contributed by atoms with Gasteiger partial charge in [0.25, 0.3) is 0 Å². The third-order valence-electron chi connectivity index (χ3n) is 4.27. The molecule has 1 saturated heterocycles. The van der Waals surface area contributed by atoms with E-state index in [0.717, 1.165) is 29.8 Å². The Bertz CT molecular complexity index is 669. The highest BCUT2D eigenvalue weighted by molar-refractivity contribution is 7.10. The van der Waals surface area contributed by atoms with E-state index < -0.39 is 0 Å². The van der Waals surface area contributed by atoms with Gasteiger partial charge < -0.3 is 14.4 Å². The maximum absolute atomic E-state index is 12.7. The highest BCUT2D eigenvalue weighted by atomic mass is 32.1. The van der Waals surface area contributed by atoms with Gasteiger partial charge in [0.05, 0.1) is 26.7 Å². The first kappa shape index (κ1) is 15.9. The normalized spacial score (nSPS) is 17.3. The van der Waals surface area contributed by atoms with E-state index in [4.69, 9.17) is 9.47 Å². The molecule has 5 heteroatoms. The van der Waals surface area contributed by atoms with Crippen LogP contribution in [-0.2, 0) is 11.2 Å². The predicted molar refractivity (Wildman–Crippen MR) is 91.3 cm³/mol. The van der Waals surface area contributed by atoms with Crippen molar-refractivity contribution < 1.29 is 14.3 Å². The van der Waals surface area contributed by atoms with Crippen LogP contribution in [0.15, 0.2) is 35.7 Å². The molecule has 1 aliphatic rings. The Morgan fingerprint density at radius 1 is 1.26 bits per heavy atom. The number of ether oxygens (including phenoxy) is 2. The number of carbonyl (C=O) groups excluding carboxylic acids is 1. The lowest BCUT2D eigenvalue weighted by Gasteiger charge is -2.25. The van der Waals surface area contributed by atoms with E-state index in [0.29, 0.717) is 17.9 Å². The molecule has 0 N–H and O–H groups in total. The van der Waals surface area contributed by atoms with E-state index in [1.54, 1.807) is 25.6 Å². The number of likely N-dealkylation sites (tertiary alicyclic amines) is 1. The second-order valence-electron chi connectivity index (χ2n) is 5.62. The number of amides is 1. The van der Waals surface area contributed by atoms with Gasteiger partial charge in [-0.05, 0) is 42.0 Å². The standard InChI is InChI=1S/C18H21NO3S/c1-21-16-8-7-13(11-17(16)22-2)15-6-3-9-19(15)18(20)12-14-5-4-10-23-14/h4-5,7-8,10-11,15H,3,6,9,12H2,1-2H3. The Kier molecular flexibility index (Phi) is 4.86. The Morgan fingerprint density at radius 2 is 2.09 bits per heavy atom. The Morgan fingerprint density at radius 3 is 2.78 bits per heavy atom. The van der Waals surface area contributed by atoms with Crippen molar-refractivity contribution in [2.24, 2.45) is 0 Å². The van der Waals surface area contributed by atoms with E-state index in [1.807, 2.05) is 40.6 Å². The third kappa shape index (κ3) is 3.34. The van der Waals surface area contributed by atoms with E-state index in [2.05, 4.69) is 0 Å². The second kappa shape index (κ2) is 7.04. The fraction of sp³-hybridized carbons (Fsp3) is 0.389. The SMILES string of the molecule is COc1ccc(C2CCCN2C(=O)Cc2cccs2)cc1OC. The van der Waals surface area contributed by atoms with Crippen molar-refractivity contribution in [1.29, 1.82) is 0 Å². The number of nitrogens with zero attached hydrogens (tertiary/aromatic N) is 1. The summed E-state index contributed by atoms with van der Waals surface area (Å²) in [7, 11) is 3.26. The summed E-state index contributed by atoms with van der Waals surface area (Å²) in [5.41, 5.74) is 1.11. The average Bonchev–Trinajstić information content (AvgIpc) is 3.25. The largest absolute Gasteiger partial charge is 0.493 e. The number of rotatable bonds is 5. The maximum Gasteiger partial charge on any atom is 0.228 e. The first-order valence-corrected chi connectivity index (χ1v) is 8.64. The molecule has 0 aliphatic carbocycles. The van der Waals surface area contributed by atoms with Gasteiger partial charge in [-0.15, -0.1) is 11.3 Å². The van der Waals surface area contributed by atoms with Crippen LogP contribution in [0.4, 0.5) is 0 Å². The molecule has 2 heterocycles.